The Hall–Kier alpha value is -1.79. The van der Waals surface area contributed by atoms with Gasteiger partial charge in [0.1, 0.15) is 0 Å². The molecule has 1 saturated heterocycles. The van der Waals surface area contributed by atoms with Gasteiger partial charge in [-0.15, -0.1) is 0 Å². The van der Waals surface area contributed by atoms with Crippen molar-refractivity contribution < 1.29 is 14.3 Å². The topological polar surface area (TPSA) is 62.8 Å². The molecule has 1 fully saturated rings. The molecule has 0 spiro atoms. The second-order valence-corrected chi connectivity index (χ2v) is 5.14. The monoisotopic (exact) mass is 293 g/mol. The highest BCUT2D eigenvalue weighted by Crippen LogP contribution is 2.29. The second-order valence-electron chi connectivity index (χ2n) is 5.14. The van der Waals surface area contributed by atoms with Crippen molar-refractivity contribution in [3.8, 4) is 11.5 Å². The molecular formula is C15H23N3O3. The van der Waals surface area contributed by atoms with E-state index in [1.54, 1.807) is 32.4 Å². The minimum absolute atomic E-state index is 0.0176. The van der Waals surface area contributed by atoms with Crippen molar-refractivity contribution >= 4 is 11.6 Å². The number of nitrogens with zero attached hydrogens (tertiary/aromatic N) is 1. The molecule has 0 radical (unpaired) electrons. The quantitative estimate of drug-likeness (QED) is 0.846. The van der Waals surface area contributed by atoms with E-state index in [2.05, 4.69) is 22.5 Å². The number of carbonyl (C=O) groups excluding carboxylic acids is 1. The highest BCUT2D eigenvalue weighted by Gasteiger charge is 2.20. The highest BCUT2D eigenvalue weighted by atomic mass is 16.5. The predicted molar refractivity (Wildman–Crippen MR) is 82.1 cm³/mol. The second kappa shape index (κ2) is 7.28. The van der Waals surface area contributed by atoms with E-state index in [-0.39, 0.29) is 5.91 Å². The summed E-state index contributed by atoms with van der Waals surface area (Å²) in [6.45, 7) is 5.26. The van der Waals surface area contributed by atoms with Crippen LogP contribution in [-0.2, 0) is 4.79 Å². The molecule has 1 aliphatic rings. The van der Waals surface area contributed by atoms with Crippen LogP contribution in [0.4, 0.5) is 5.69 Å². The van der Waals surface area contributed by atoms with Gasteiger partial charge in [0, 0.05) is 37.4 Å². The zero-order chi connectivity index (χ0) is 15.2. The van der Waals surface area contributed by atoms with E-state index in [9.17, 15) is 4.79 Å². The summed E-state index contributed by atoms with van der Waals surface area (Å²) in [6, 6.07) is 5.72. The van der Waals surface area contributed by atoms with Gasteiger partial charge in [-0.3, -0.25) is 9.69 Å². The van der Waals surface area contributed by atoms with Crippen LogP contribution in [0.5, 0.6) is 11.5 Å². The number of ether oxygens (including phenoxy) is 2. The van der Waals surface area contributed by atoms with Crippen LogP contribution in [0, 0.1) is 0 Å². The molecule has 1 aromatic carbocycles. The maximum Gasteiger partial charge on any atom is 0.238 e. The van der Waals surface area contributed by atoms with E-state index >= 15 is 0 Å². The lowest BCUT2D eigenvalue weighted by atomic mass is 10.2. The third-order valence-electron chi connectivity index (χ3n) is 3.65. The number of hydrogen-bond acceptors (Lipinski definition) is 5. The third kappa shape index (κ3) is 4.09. The molecule has 116 valence electrons. The van der Waals surface area contributed by atoms with E-state index in [4.69, 9.17) is 9.47 Å². The maximum absolute atomic E-state index is 12.1. The standard InChI is InChI=1S/C15H23N3O3/c1-11-9-16-6-7-18(11)10-15(19)17-12-4-5-13(20-2)14(8-12)21-3/h4-5,8,11,16H,6-7,9-10H2,1-3H3,(H,17,19)/t11-/m0/s1. The molecular weight excluding hydrogens is 270 g/mol. The van der Waals surface area contributed by atoms with Crippen molar-refractivity contribution in [1.82, 2.24) is 10.2 Å². The van der Waals surface area contributed by atoms with Crippen LogP contribution in [0.3, 0.4) is 0 Å². The fourth-order valence-corrected chi connectivity index (χ4v) is 2.42. The number of carbonyl (C=O) groups is 1. The number of nitrogens with one attached hydrogen (secondary N) is 2. The summed E-state index contributed by atoms with van der Waals surface area (Å²) in [7, 11) is 3.16. The summed E-state index contributed by atoms with van der Waals surface area (Å²) < 4.78 is 10.4. The molecule has 1 aromatic rings. The lowest BCUT2D eigenvalue weighted by Gasteiger charge is -2.33. The summed E-state index contributed by atoms with van der Waals surface area (Å²) in [5.41, 5.74) is 0.709. The number of piperazine rings is 1. The largest absolute Gasteiger partial charge is 0.493 e. The van der Waals surface area contributed by atoms with Gasteiger partial charge >= 0.3 is 0 Å². The van der Waals surface area contributed by atoms with Crippen LogP contribution in [0.25, 0.3) is 0 Å². The third-order valence-corrected chi connectivity index (χ3v) is 3.65. The smallest absolute Gasteiger partial charge is 0.238 e. The Balaban J connectivity index is 1.96. The molecule has 21 heavy (non-hydrogen) atoms. The Labute approximate surface area is 125 Å². The lowest BCUT2D eigenvalue weighted by molar-refractivity contribution is -0.118. The van der Waals surface area contributed by atoms with E-state index in [0.29, 0.717) is 29.8 Å². The van der Waals surface area contributed by atoms with Gasteiger partial charge in [-0.2, -0.15) is 0 Å². The number of hydrogen-bond donors (Lipinski definition) is 2. The number of benzene rings is 1. The Morgan fingerprint density at radius 1 is 1.38 bits per heavy atom. The molecule has 0 saturated carbocycles. The van der Waals surface area contributed by atoms with E-state index in [1.165, 1.54) is 0 Å². The summed E-state index contributed by atoms with van der Waals surface area (Å²) >= 11 is 0. The van der Waals surface area contributed by atoms with Gasteiger partial charge in [-0.1, -0.05) is 0 Å². The molecule has 1 aliphatic heterocycles. The Kier molecular flexibility index (Phi) is 5.41. The average Bonchev–Trinajstić information content (AvgIpc) is 2.49. The summed E-state index contributed by atoms with van der Waals surface area (Å²) in [5.74, 6) is 1.23. The molecule has 2 rings (SSSR count). The van der Waals surface area contributed by atoms with Crippen LogP contribution in [-0.4, -0.2) is 57.2 Å². The van der Waals surface area contributed by atoms with Crippen molar-refractivity contribution in [2.24, 2.45) is 0 Å². The zero-order valence-corrected chi connectivity index (χ0v) is 12.8. The Bertz CT molecular complexity index is 493. The molecule has 0 aromatic heterocycles. The summed E-state index contributed by atoms with van der Waals surface area (Å²) in [5, 5.41) is 6.21. The molecule has 1 heterocycles. The van der Waals surface area contributed by atoms with Crippen molar-refractivity contribution in [2.45, 2.75) is 13.0 Å². The average molecular weight is 293 g/mol. The van der Waals surface area contributed by atoms with Crippen LogP contribution < -0.4 is 20.1 Å². The SMILES string of the molecule is COc1ccc(NC(=O)CN2CCNC[C@@H]2C)cc1OC. The van der Waals surface area contributed by atoms with Gasteiger partial charge in [0.25, 0.3) is 0 Å². The molecule has 1 amide bonds. The first-order chi connectivity index (χ1) is 10.1. The molecule has 1 atom stereocenters. The predicted octanol–water partition coefficient (Wildman–Crippen LogP) is 0.936. The van der Waals surface area contributed by atoms with Gasteiger partial charge < -0.3 is 20.1 Å². The maximum atomic E-state index is 12.1. The van der Waals surface area contributed by atoms with Crippen LogP contribution in [0.15, 0.2) is 18.2 Å². The summed E-state index contributed by atoms with van der Waals surface area (Å²) in [6.07, 6.45) is 0. The molecule has 0 unspecified atom stereocenters. The highest BCUT2D eigenvalue weighted by molar-refractivity contribution is 5.92. The minimum atomic E-state index is -0.0176. The Morgan fingerprint density at radius 2 is 2.14 bits per heavy atom. The number of methoxy groups -OCH3 is 2. The Morgan fingerprint density at radius 3 is 2.81 bits per heavy atom. The number of anilines is 1. The van der Waals surface area contributed by atoms with Crippen molar-refractivity contribution in [3.05, 3.63) is 18.2 Å². The number of amides is 1. The molecule has 0 aliphatic carbocycles. The van der Waals surface area contributed by atoms with E-state index < -0.39 is 0 Å². The first-order valence-corrected chi connectivity index (χ1v) is 7.10. The van der Waals surface area contributed by atoms with Gasteiger partial charge in [-0.25, -0.2) is 0 Å². The van der Waals surface area contributed by atoms with Crippen LogP contribution in [0.1, 0.15) is 6.92 Å². The van der Waals surface area contributed by atoms with Gasteiger partial charge in [0.05, 0.1) is 20.8 Å². The van der Waals surface area contributed by atoms with E-state index in [0.717, 1.165) is 19.6 Å². The lowest BCUT2D eigenvalue weighted by Crippen LogP contribution is -2.51. The zero-order valence-electron chi connectivity index (χ0n) is 12.8. The first-order valence-electron chi connectivity index (χ1n) is 7.10. The normalized spacial score (nSPS) is 19.1. The van der Waals surface area contributed by atoms with Crippen molar-refractivity contribution in [1.29, 1.82) is 0 Å². The van der Waals surface area contributed by atoms with Crippen molar-refractivity contribution in [3.63, 3.8) is 0 Å². The number of rotatable bonds is 5. The molecule has 6 heteroatoms. The summed E-state index contributed by atoms with van der Waals surface area (Å²) in [4.78, 5) is 14.3. The fourth-order valence-electron chi connectivity index (χ4n) is 2.42. The van der Waals surface area contributed by atoms with E-state index in [1.807, 2.05) is 0 Å². The first kappa shape index (κ1) is 15.6. The van der Waals surface area contributed by atoms with Gasteiger partial charge in [-0.05, 0) is 19.1 Å². The van der Waals surface area contributed by atoms with Crippen molar-refractivity contribution in [2.75, 3.05) is 45.7 Å². The minimum Gasteiger partial charge on any atom is -0.493 e. The van der Waals surface area contributed by atoms with Crippen LogP contribution in [0.2, 0.25) is 0 Å². The van der Waals surface area contributed by atoms with Gasteiger partial charge in [0.2, 0.25) is 5.91 Å². The fraction of sp³-hybridized carbons (Fsp3) is 0.533. The molecule has 6 nitrogen and oxygen atoms in total. The molecule has 2 N–H and O–H groups in total. The van der Waals surface area contributed by atoms with Crippen LogP contribution >= 0.6 is 0 Å². The molecule has 0 bridgehead atoms. The van der Waals surface area contributed by atoms with Gasteiger partial charge in [0.15, 0.2) is 11.5 Å².